The molecule has 1 rings (SSSR count). The molecule has 0 aromatic rings. The van der Waals surface area contributed by atoms with Crippen LogP contribution in [0.25, 0.3) is 0 Å². The Morgan fingerprint density at radius 2 is 0.615 bits per heavy atom. The second-order valence-electron chi connectivity index (χ2n) is 22.2. The first kappa shape index (κ1) is 121. The summed E-state index contributed by atoms with van der Waals surface area (Å²) in [5, 5.41) is 23.5. The van der Waals surface area contributed by atoms with E-state index in [2.05, 4.69) is 109 Å². The van der Waals surface area contributed by atoms with Gasteiger partial charge in [0.05, 0.1) is 119 Å². The zero-order valence-corrected chi connectivity index (χ0v) is 82.1. The van der Waals surface area contributed by atoms with Gasteiger partial charge in [-0.25, -0.2) is 0 Å². The van der Waals surface area contributed by atoms with Crippen molar-refractivity contribution < 1.29 is 291 Å². The van der Waals surface area contributed by atoms with E-state index in [1.165, 1.54) is 12.2 Å². The van der Waals surface area contributed by atoms with Crippen LogP contribution in [0.1, 0.15) is 103 Å². The molecule has 6 radical (unpaired) electrons. The van der Waals surface area contributed by atoms with Crippen LogP contribution in [0.5, 0.6) is 0 Å². The Morgan fingerprint density at radius 1 is 0.356 bits per heavy atom. The van der Waals surface area contributed by atoms with Crippen LogP contribution in [-0.4, -0.2) is 278 Å². The number of nitrogens with one attached hydrogen (secondary N) is 8. The maximum absolute atomic E-state index is 13.3. The maximum Gasteiger partial charge on any atom is 0.222 e. The van der Waals surface area contributed by atoms with Crippen LogP contribution in [0.2, 0.25) is 0 Å². The third-order valence-corrected chi connectivity index (χ3v) is 17.5. The van der Waals surface area contributed by atoms with E-state index in [4.69, 9.17) is 56.8 Å². The average molecular weight is 2010 g/mol. The van der Waals surface area contributed by atoms with Crippen LogP contribution < -0.4 is 42.5 Å². The van der Waals surface area contributed by atoms with E-state index < -0.39 is 11.1 Å². The van der Waals surface area contributed by atoms with Crippen molar-refractivity contribution in [2.24, 2.45) is 0 Å². The molecule has 0 saturated carbocycles. The maximum atomic E-state index is 13.3. The molecule has 1 aliphatic rings. The van der Waals surface area contributed by atoms with Gasteiger partial charge in [0, 0.05) is 303 Å². The molecule has 1 fully saturated rings. The third kappa shape index (κ3) is 77.9. The summed E-state index contributed by atoms with van der Waals surface area (Å²) in [5.74, 6) is 0.266. The Hall–Kier alpha value is 3.30. The van der Waals surface area contributed by atoms with Gasteiger partial charge in [0.2, 0.25) is 47.3 Å². The van der Waals surface area contributed by atoms with Gasteiger partial charge in [0.1, 0.15) is 11.1 Å². The molecule has 2 unspecified atom stereocenters. The predicted molar refractivity (Wildman–Crippen MR) is 386 cm³/mol. The molecule has 0 aromatic heterocycles. The minimum absolute atomic E-state index is 0. The van der Waals surface area contributed by atoms with E-state index in [9.17, 15) is 38.4 Å². The molecule has 1 saturated heterocycles. The number of hydrogen-bond donors (Lipinski definition) is 10. The SMILES string of the molecule is [CH2-]COCCNC(=O)CCOCC(COCCC(=O)NCCOC[CH2-])(COCCC(=O)NCCOC[CH2-])NC(=O)CCCCC(S)CCS.[CH2-]COCCNC(=O)CCOCC(COCCC(=O)NCCOC[CH2-])(COCCC(=O)NCCOC[CH2-])NC(=O)CCCCC1CCSS1.[Y].[Y].[Y].[Y].[Y].[Y]. The summed E-state index contributed by atoms with van der Waals surface area (Å²) < 4.78 is 66.3. The summed E-state index contributed by atoms with van der Waals surface area (Å²) >= 11 is 8.82. The van der Waals surface area contributed by atoms with E-state index in [0.717, 1.165) is 44.3 Å². The van der Waals surface area contributed by atoms with Gasteiger partial charge >= 0.3 is 0 Å². The minimum atomic E-state index is -1.16. The van der Waals surface area contributed by atoms with E-state index in [1.54, 1.807) is 0 Å². The molecule has 0 aliphatic carbocycles. The van der Waals surface area contributed by atoms with Gasteiger partial charge in [-0.1, -0.05) is 74.1 Å². The standard InChI is InChI=1S/C33H59N4O10S2.C33H61N4O10S2.6Y/c1-4-42-21-15-34-29(38)11-18-45-25-33(26-46-19-12-30(39)35-16-22-43-5-2,27-47-20-13-31(40)36-17-23-44-6-3)37-32(41)10-8-7-9-28-14-24-48-49-28;1-4-42-21-15-34-29(38)11-18-45-25-33(26-46-19-12-30(39)35-16-22-43-5-2,27-47-20-13-31(40)36-17-23-44-6-3)37-32(41)10-8-7-9-28(49)14-24-48;;;;;;/h28H,1-27H2,(H,34,38)(H,35,39)(H,36,40)(H,37,41);28,48-49H,1-27H2,(H,34,38)(H,35,39)(H,36,40)(H,37,41);;;;;;/q2*-3;;;;;;. The zero-order valence-electron chi connectivity index (χ0n) is 61.7. The van der Waals surface area contributed by atoms with Crippen LogP contribution >= 0.6 is 46.8 Å². The Balaban J connectivity index is -0.000000342. The van der Waals surface area contributed by atoms with E-state index in [0.29, 0.717) is 137 Å². The zero-order chi connectivity index (χ0) is 72.3. The molecule has 0 spiro atoms. The van der Waals surface area contributed by atoms with Gasteiger partial charge in [-0.2, -0.15) is 25.3 Å². The number of amides is 8. The fraction of sp³-hybridized carbons (Fsp3) is 0.788. The Morgan fingerprint density at radius 3 is 0.846 bits per heavy atom. The molecular formula is C66H120N8O20S4Y6-6. The number of hydrogen-bond acceptors (Lipinski definition) is 24. The first-order valence-corrected chi connectivity index (χ1v) is 37.6. The quantitative estimate of drug-likeness (QED) is 0.0181. The fourth-order valence-electron chi connectivity index (χ4n) is 8.68. The number of carbonyl (C=O) groups is 8. The summed E-state index contributed by atoms with van der Waals surface area (Å²) in [6.45, 7) is 28.0. The van der Waals surface area contributed by atoms with Gasteiger partial charge < -0.3 is 141 Å². The Kier molecular flexibility index (Phi) is 103. The van der Waals surface area contributed by atoms with Gasteiger partial charge in [-0.05, 0) is 44.3 Å². The Bertz CT molecular complexity index is 1890. The van der Waals surface area contributed by atoms with Crippen LogP contribution in [0.15, 0.2) is 0 Å². The molecule has 8 amide bonds. The summed E-state index contributed by atoms with van der Waals surface area (Å²) in [6.07, 6.45) is 8.33. The number of unbranched alkanes of at least 4 members (excludes halogenated alkanes) is 2. The largest absolute Gasteiger partial charge is 0.412 e. The molecule has 592 valence electrons. The van der Waals surface area contributed by atoms with Crippen molar-refractivity contribution in [3.8, 4) is 0 Å². The van der Waals surface area contributed by atoms with Crippen molar-refractivity contribution in [2.45, 2.75) is 124 Å². The number of rotatable bonds is 68. The predicted octanol–water partition coefficient (Wildman–Crippen LogP) is 2.80. The van der Waals surface area contributed by atoms with Gasteiger partial charge in [0.15, 0.2) is 0 Å². The topological polar surface area (TPSA) is 344 Å². The van der Waals surface area contributed by atoms with E-state index in [1.807, 2.05) is 21.6 Å². The molecule has 2 atom stereocenters. The van der Waals surface area contributed by atoms with Crippen LogP contribution in [-0.2, 0) is 291 Å². The minimum Gasteiger partial charge on any atom is -0.412 e. The van der Waals surface area contributed by atoms with E-state index in [-0.39, 0.29) is 373 Å². The third-order valence-electron chi connectivity index (χ3n) is 13.8. The molecule has 38 heteroatoms. The van der Waals surface area contributed by atoms with E-state index >= 15 is 0 Å². The van der Waals surface area contributed by atoms with Crippen molar-refractivity contribution in [1.29, 1.82) is 0 Å². The summed E-state index contributed by atoms with van der Waals surface area (Å²) in [7, 11) is 3.83. The van der Waals surface area contributed by atoms with Crippen LogP contribution in [0.4, 0.5) is 0 Å². The molecule has 104 heavy (non-hydrogen) atoms. The summed E-state index contributed by atoms with van der Waals surface area (Å²) in [4.78, 5) is 99.9. The van der Waals surface area contributed by atoms with Crippen molar-refractivity contribution in [3.63, 3.8) is 0 Å². The number of ether oxygens (including phenoxy) is 12. The first-order chi connectivity index (χ1) is 47.5. The Labute approximate surface area is 792 Å². The molecule has 28 nitrogen and oxygen atoms in total. The normalized spacial score (nSPS) is 12.5. The molecule has 0 aromatic carbocycles. The summed E-state index contributed by atoms with van der Waals surface area (Å²) in [6, 6.07) is 0. The molecular weight excluding hydrogens is 1890 g/mol. The smallest absolute Gasteiger partial charge is 0.222 e. The second-order valence-corrected chi connectivity index (χ2v) is 26.2. The van der Waals surface area contributed by atoms with Crippen LogP contribution in [0.3, 0.4) is 0 Å². The van der Waals surface area contributed by atoms with Crippen molar-refractivity contribution in [3.05, 3.63) is 41.5 Å². The van der Waals surface area contributed by atoms with Crippen molar-refractivity contribution in [2.75, 3.05) is 209 Å². The molecule has 0 bridgehead atoms. The molecule has 1 aliphatic heterocycles. The number of carbonyl (C=O) groups excluding carboxylic acids is 8. The average Bonchev–Trinajstić information content (AvgIpc) is 0.933. The fourth-order valence-corrected chi connectivity index (χ4v) is 12.5. The molecule has 8 N–H and O–H groups in total. The van der Waals surface area contributed by atoms with Gasteiger partial charge in [-0.3, -0.25) is 38.4 Å². The first-order valence-electron chi connectivity index (χ1n) is 34.0. The molecule has 1 heterocycles. The van der Waals surface area contributed by atoms with Crippen molar-refractivity contribution >= 4 is 94.1 Å². The number of thiol groups is 2. The van der Waals surface area contributed by atoms with Crippen LogP contribution in [0, 0.1) is 41.5 Å². The van der Waals surface area contributed by atoms with Crippen molar-refractivity contribution in [1.82, 2.24) is 42.5 Å². The van der Waals surface area contributed by atoms with Gasteiger partial charge in [-0.15, -0.1) is 0 Å². The summed E-state index contributed by atoms with van der Waals surface area (Å²) in [5.41, 5.74) is -2.30. The monoisotopic (exact) mass is 2010 g/mol. The second kappa shape index (κ2) is 88.7. The van der Waals surface area contributed by atoms with Gasteiger partial charge in [0.25, 0.3) is 0 Å².